The van der Waals surface area contributed by atoms with Crippen LogP contribution < -0.4 is 0 Å². The average Bonchev–Trinajstić information content (AvgIpc) is 1.99. The van der Waals surface area contributed by atoms with Crippen LogP contribution >= 0.6 is 0 Å². The first-order valence-electron chi connectivity index (χ1n) is 5.43. The highest BCUT2D eigenvalue weighted by atomic mass is 32.2. The van der Waals surface area contributed by atoms with Crippen molar-refractivity contribution in [3.63, 3.8) is 0 Å². The smallest absolute Gasteiger partial charge is 0.0622 e. The number of rotatable bonds is 0. The highest BCUT2D eigenvalue weighted by Crippen LogP contribution is 2.37. The van der Waals surface area contributed by atoms with E-state index in [1.165, 1.54) is 0 Å². The third-order valence-corrected chi connectivity index (χ3v) is 5.08. The van der Waals surface area contributed by atoms with Gasteiger partial charge in [0.25, 0.3) is 0 Å². The van der Waals surface area contributed by atoms with E-state index in [4.69, 9.17) is 0 Å². The van der Waals surface area contributed by atoms with E-state index >= 15 is 0 Å². The quantitative estimate of drug-likeness (QED) is 0.616. The molecule has 0 saturated carbocycles. The Bertz CT molecular complexity index is 323. The fraction of sp³-hybridized carbons (Fsp3) is 0.692. The van der Waals surface area contributed by atoms with Crippen LogP contribution in [0.15, 0.2) is 23.1 Å². The van der Waals surface area contributed by atoms with Crippen molar-refractivity contribution in [1.82, 2.24) is 0 Å². The van der Waals surface area contributed by atoms with Gasteiger partial charge in [-0.25, -0.2) is 0 Å². The van der Waals surface area contributed by atoms with Crippen molar-refractivity contribution >= 4 is 10.8 Å². The Morgan fingerprint density at radius 1 is 1.13 bits per heavy atom. The van der Waals surface area contributed by atoms with Crippen LogP contribution in [0.25, 0.3) is 0 Å². The molecule has 0 N–H and O–H groups in total. The summed E-state index contributed by atoms with van der Waals surface area (Å²) in [5, 5.41) is 0.136. The van der Waals surface area contributed by atoms with E-state index < -0.39 is 10.8 Å². The molecule has 2 unspecified atom stereocenters. The molecule has 0 aromatic heterocycles. The molecule has 0 saturated heterocycles. The van der Waals surface area contributed by atoms with Gasteiger partial charge in [-0.2, -0.15) is 0 Å². The molecule has 0 aliphatic carbocycles. The minimum atomic E-state index is -0.880. The van der Waals surface area contributed by atoms with E-state index in [-0.39, 0.29) is 16.1 Å². The van der Waals surface area contributed by atoms with Crippen LogP contribution in [0, 0.1) is 10.8 Å². The SMILES string of the molecule is CC(C)(C)C1=CC=CC(C(C)(C)C)S1=O. The summed E-state index contributed by atoms with van der Waals surface area (Å²) < 4.78 is 12.4. The largest absolute Gasteiger partial charge is 0.254 e. The number of hydrogen-bond donors (Lipinski definition) is 0. The first-order valence-corrected chi connectivity index (χ1v) is 6.65. The van der Waals surface area contributed by atoms with E-state index in [9.17, 15) is 4.21 Å². The summed E-state index contributed by atoms with van der Waals surface area (Å²) in [6.45, 7) is 12.8. The molecule has 86 valence electrons. The molecule has 1 aliphatic rings. The fourth-order valence-electron chi connectivity index (χ4n) is 1.68. The zero-order valence-corrected chi connectivity index (χ0v) is 11.4. The van der Waals surface area contributed by atoms with Crippen molar-refractivity contribution in [3.8, 4) is 0 Å². The summed E-state index contributed by atoms with van der Waals surface area (Å²) in [4.78, 5) is 1.06. The van der Waals surface area contributed by atoms with Gasteiger partial charge < -0.3 is 0 Å². The Kier molecular flexibility index (Phi) is 3.30. The molecule has 1 heterocycles. The molecule has 0 aromatic rings. The van der Waals surface area contributed by atoms with Crippen LogP contribution in [-0.4, -0.2) is 9.46 Å². The standard InChI is InChI=1S/C13H22OS/c1-12(2,3)10-8-7-9-11(15(10)14)13(4,5)6/h7-10H,1-6H3. The lowest BCUT2D eigenvalue weighted by atomic mass is 9.90. The molecule has 0 radical (unpaired) electrons. The summed E-state index contributed by atoms with van der Waals surface area (Å²) >= 11 is 0. The van der Waals surface area contributed by atoms with Gasteiger partial charge in [-0.1, -0.05) is 53.7 Å². The molecule has 1 aliphatic heterocycles. The first kappa shape index (κ1) is 12.7. The van der Waals surface area contributed by atoms with Crippen molar-refractivity contribution in [3.05, 3.63) is 23.1 Å². The molecule has 0 amide bonds. The van der Waals surface area contributed by atoms with Gasteiger partial charge in [0.05, 0.1) is 16.0 Å². The monoisotopic (exact) mass is 226 g/mol. The lowest BCUT2D eigenvalue weighted by Gasteiger charge is -2.34. The van der Waals surface area contributed by atoms with Gasteiger partial charge in [-0.3, -0.25) is 4.21 Å². The van der Waals surface area contributed by atoms with E-state index in [0.29, 0.717) is 0 Å². The molecule has 2 heteroatoms. The molecule has 0 fully saturated rings. The zero-order chi connectivity index (χ0) is 11.9. The second-order valence-corrected chi connectivity index (χ2v) is 7.79. The van der Waals surface area contributed by atoms with Gasteiger partial charge in [0.2, 0.25) is 0 Å². The third kappa shape index (κ3) is 2.81. The molecule has 1 rings (SSSR count). The second kappa shape index (κ2) is 3.89. The Morgan fingerprint density at radius 2 is 1.67 bits per heavy atom. The van der Waals surface area contributed by atoms with Crippen molar-refractivity contribution in [1.29, 1.82) is 0 Å². The summed E-state index contributed by atoms with van der Waals surface area (Å²) in [6, 6.07) is 0. The summed E-state index contributed by atoms with van der Waals surface area (Å²) in [5.41, 5.74) is 0.0608. The van der Waals surface area contributed by atoms with Crippen LogP contribution in [0.5, 0.6) is 0 Å². The summed E-state index contributed by atoms with van der Waals surface area (Å²) in [5.74, 6) is 0. The maximum absolute atomic E-state index is 12.4. The second-order valence-electron chi connectivity index (χ2n) is 6.25. The van der Waals surface area contributed by atoms with Crippen molar-refractivity contribution in [2.45, 2.75) is 46.8 Å². The molecular weight excluding hydrogens is 204 g/mol. The third-order valence-electron chi connectivity index (χ3n) is 2.57. The fourth-order valence-corrected chi connectivity index (χ4v) is 3.65. The van der Waals surface area contributed by atoms with Crippen LogP contribution in [-0.2, 0) is 10.8 Å². The van der Waals surface area contributed by atoms with Gasteiger partial charge in [0.15, 0.2) is 0 Å². The van der Waals surface area contributed by atoms with Crippen LogP contribution in [0.4, 0.5) is 0 Å². The Morgan fingerprint density at radius 3 is 2.07 bits per heavy atom. The van der Waals surface area contributed by atoms with Gasteiger partial charge >= 0.3 is 0 Å². The van der Waals surface area contributed by atoms with Gasteiger partial charge in [-0.15, -0.1) is 0 Å². The minimum Gasteiger partial charge on any atom is -0.254 e. The molecule has 0 spiro atoms. The van der Waals surface area contributed by atoms with Gasteiger partial charge in [-0.05, 0) is 16.9 Å². The normalized spacial score (nSPS) is 27.7. The summed E-state index contributed by atoms with van der Waals surface area (Å²) in [6.07, 6.45) is 6.14. The maximum Gasteiger partial charge on any atom is 0.0622 e. The average molecular weight is 226 g/mol. The zero-order valence-electron chi connectivity index (χ0n) is 10.6. The van der Waals surface area contributed by atoms with Crippen molar-refractivity contribution in [2.24, 2.45) is 10.8 Å². The molecule has 2 atom stereocenters. The Balaban J connectivity index is 3.05. The van der Waals surface area contributed by atoms with Crippen molar-refractivity contribution in [2.75, 3.05) is 0 Å². The first-order chi connectivity index (χ1) is 6.64. The maximum atomic E-state index is 12.4. The molecule has 0 bridgehead atoms. The van der Waals surface area contributed by atoms with Gasteiger partial charge in [0, 0.05) is 4.91 Å². The van der Waals surface area contributed by atoms with Crippen LogP contribution in [0.2, 0.25) is 0 Å². The van der Waals surface area contributed by atoms with E-state index in [0.717, 1.165) is 4.91 Å². The van der Waals surface area contributed by atoms with Crippen LogP contribution in [0.3, 0.4) is 0 Å². The Hall–Kier alpha value is -0.370. The molecular formula is C13H22OS. The predicted octanol–water partition coefficient (Wildman–Crippen LogP) is 3.65. The molecule has 0 aromatic carbocycles. The van der Waals surface area contributed by atoms with E-state index in [2.05, 4.69) is 53.7 Å². The van der Waals surface area contributed by atoms with Crippen molar-refractivity contribution < 1.29 is 4.21 Å². The molecule has 1 nitrogen and oxygen atoms in total. The molecule has 15 heavy (non-hydrogen) atoms. The highest BCUT2D eigenvalue weighted by Gasteiger charge is 2.35. The predicted molar refractivity (Wildman–Crippen MR) is 68.1 cm³/mol. The minimum absolute atomic E-state index is 0.000872. The van der Waals surface area contributed by atoms with Gasteiger partial charge in [0.1, 0.15) is 0 Å². The summed E-state index contributed by atoms with van der Waals surface area (Å²) in [7, 11) is -0.880. The Labute approximate surface area is 96.1 Å². The van der Waals surface area contributed by atoms with E-state index in [1.54, 1.807) is 0 Å². The number of hydrogen-bond acceptors (Lipinski definition) is 1. The van der Waals surface area contributed by atoms with E-state index in [1.807, 2.05) is 6.08 Å². The highest BCUT2D eigenvalue weighted by molar-refractivity contribution is 7.89. The number of allylic oxidation sites excluding steroid dienone is 3. The topological polar surface area (TPSA) is 17.1 Å². The van der Waals surface area contributed by atoms with Crippen LogP contribution in [0.1, 0.15) is 41.5 Å². The lowest BCUT2D eigenvalue weighted by molar-refractivity contribution is 0.422. The lowest BCUT2D eigenvalue weighted by Crippen LogP contribution is -2.33.